The van der Waals surface area contributed by atoms with E-state index in [0.717, 1.165) is 12.6 Å². The van der Waals surface area contributed by atoms with E-state index in [1.807, 2.05) is 0 Å². The minimum absolute atomic E-state index is 0.569. The van der Waals surface area contributed by atoms with Crippen LogP contribution in [0.3, 0.4) is 0 Å². The molecular formula is C11H23N3. The molecule has 2 fully saturated rings. The van der Waals surface area contributed by atoms with Gasteiger partial charge in [-0.15, -0.1) is 0 Å². The standard InChI is InChI=1S/C11H23N3/c1-10(8-12)14-7-6-13-5-3-2-4-11(13)9-14/h10-11H,2-9,12H2,1H3. The Morgan fingerprint density at radius 2 is 2.14 bits per heavy atom. The van der Waals surface area contributed by atoms with Gasteiger partial charge in [-0.1, -0.05) is 6.42 Å². The summed E-state index contributed by atoms with van der Waals surface area (Å²) >= 11 is 0. The average Bonchev–Trinajstić information content (AvgIpc) is 2.27. The van der Waals surface area contributed by atoms with Gasteiger partial charge in [0.15, 0.2) is 0 Å². The van der Waals surface area contributed by atoms with Crippen LogP contribution in [-0.2, 0) is 0 Å². The topological polar surface area (TPSA) is 32.5 Å². The highest BCUT2D eigenvalue weighted by atomic mass is 15.3. The molecule has 0 aromatic rings. The van der Waals surface area contributed by atoms with Gasteiger partial charge < -0.3 is 5.73 Å². The van der Waals surface area contributed by atoms with Gasteiger partial charge in [0.1, 0.15) is 0 Å². The molecule has 0 aromatic heterocycles. The number of piperazine rings is 1. The molecule has 3 heteroatoms. The summed E-state index contributed by atoms with van der Waals surface area (Å²) in [5.41, 5.74) is 5.72. The summed E-state index contributed by atoms with van der Waals surface area (Å²) in [4.78, 5) is 5.23. The number of fused-ring (bicyclic) bond motifs is 1. The normalized spacial score (nSPS) is 32.6. The van der Waals surface area contributed by atoms with Crippen LogP contribution in [0, 0.1) is 0 Å². The maximum absolute atomic E-state index is 5.72. The maximum atomic E-state index is 5.72. The molecule has 2 saturated heterocycles. The molecule has 2 aliphatic rings. The first-order valence-electron chi connectivity index (χ1n) is 5.99. The number of hydrogen-bond acceptors (Lipinski definition) is 3. The lowest BCUT2D eigenvalue weighted by Gasteiger charge is -2.45. The lowest BCUT2D eigenvalue weighted by molar-refractivity contribution is 0.0329. The number of piperidine rings is 1. The number of nitrogens with zero attached hydrogens (tertiary/aromatic N) is 2. The molecule has 0 aliphatic carbocycles. The smallest absolute Gasteiger partial charge is 0.0223 e. The van der Waals surface area contributed by atoms with Crippen LogP contribution < -0.4 is 5.73 Å². The third-order valence-electron chi connectivity index (χ3n) is 3.83. The van der Waals surface area contributed by atoms with Crippen molar-refractivity contribution in [3.05, 3.63) is 0 Å². The van der Waals surface area contributed by atoms with Gasteiger partial charge >= 0.3 is 0 Å². The van der Waals surface area contributed by atoms with E-state index in [9.17, 15) is 0 Å². The Labute approximate surface area is 87.2 Å². The van der Waals surface area contributed by atoms with Crippen LogP contribution in [0.2, 0.25) is 0 Å². The quantitative estimate of drug-likeness (QED) is 0.700. The van der Waals surface area contributed by atoms with E-state index in [0.29, 0.717) is 6.04 Å². The van der Waals surface area contributed by atoms with Crippen molar-refractivity contribution in [2.24, 2.45) is 5.73 Å². The second-order valence-corrected chi connectivity index (χ2v) is 4.77. The number of nitrogens with two attached hydrogens (primary N) is 1. The van der Waals surface area contributed by atoms with Crippen molar-refractivity contribution in [3.8, 4) is 0 Å². The lowest BCUT2D eigenvalue weighted by atomic mass is 9.99. The van der Waals surface area contributed by atoms with Crippen molar-refractivity contribution >= 4 is 0 Å². The van der Waals surface area contributed by atoms with Crippen LogP contribution in [0.15, 0.2) is 0 Å². The van der Waals surface area contributed by atoms with Gasteiger partial charge in [0.2, 0.25) is 0 Å². The molecule has 2 aliphatic heterocycles. The second-order valence-electron chi connectivity index (χ2n) is 4.77. The summed E-state index contributed by atoms with van der Waals surface area (Å²) in [5, 5.41) is 0. The molecule has 2 N–H and O–H groups in total. The third kappa shape index (κ3) is 2.10. The van der Waals surface area contributed by atoms with Crippen molar-refractivity contribution < 1.29 is 0 Å². The van der Waals surface area contributed by atoms with Crippen LogP contribution in [0.4, 0.5) is 0 Å². The molecule has 14 heavy (non-hydrogen) atoms. The monoisotopic (exact) mass is 197 g/mol. The Balaban J connectivity index is 1.89. The molecule has 0 saturated carbocycles. The Hall–Kier alpha value is -0.120. The zero-order valence-electron chi connectivity index (χ0n) is 9.28. The van der Waals surface area contributed by atoms with Gasteiger partial charge in [-0.25, -0.2) is 0 Å². The van der Waals surface area contributed by atoms with Gasteiger partial charge in [0, 0.05) is 38.3 Å². The van der Waals surface area contributed by atoms with Crippen molar-refractivity contribution in [3.63, 3.8) is 0 Å². The van der Waals surface area contributed by atoms with E-state index in [2.05, 4.69) is 16.7 Å². The summed E-state index contributed by atoms with van der Waals surface area (Å²) in [6.45, 7) is 8.10. The number of rotatable bonds is 2. The highest BCUT2D eigenvalue weighted by Gasteiger charge is 2.30. The first-order chi connectivity index (χ1) is 6.81. The average molecular weight is 197 g/mol. The van der Waals surface area contributed by atoms with Gasteiger partial charge in [-0.2, -0.15) is 0 Å². The van der Waals surface area contributed by atoms with Crippen LogP contribution in [0.1, 0.15) is 26.2 Å². The van der Waals surface area contributed by atoms with Gasteiger partial charge in [0.05, 0.1) is 0 Å². The highest BCUT2D eigenvalue weighted by molar-refractivity contribution is 4.86. The van der Waals surface area contributed by atoms with Gasteiger partial charge in [-0.3, -0.25) is 9.80 Å². The van der Waals surface area contributed by atoms with Crippen molar-refractivity contribution in [1.82, 2.24) is 9.80 Å². The predicted molar refractivity (Wildman–Crippen MR) is 59.3 cm³/mol. The van der Waals surface area contributed by atoms with E-state index >= 15 is 0 Å². The van der Waals surface area contributed by atoms with Crippen LogP contribution in [0.5, 0.6) is 0 Å². The molecule has 3 nitrogen and oxygen atoms in total. The zero-order valence-corrected chi connectivity index (χ0v) is 9.28. The largest absolute Gasteiger partial charge is 0.329 e. The molecule has 0 bridgehead atoms. The van der Waals surface area contributed by atoms with Crippen molar-refractivity contribution in [2.45, 2.75) is 38.3 Å². The molecule has 2 atom stereocenters. The third-order valence-corrected chi connectivity index (χ3v) is 3.83. The maximum Gasteiger partial charge on any atom is 0.0223 e. The fraction of sp³-hybridized carbons (Fsp3) is 1.00. The molecule has 0 amide bonds. The summed E-state index contributed by atoms with van der Waals surface area (Å²) in [7, 11) is 0. The Kier molecular flexibility index (Phi) is 3.42. The van der Waals surface area contributed by atoms with Crippen LogP contribution in [-0.4, -0.2) is 54.6 Å². The van der Waals surface area contributed by atoms with Crippen molar-refractivity contribution in [1.29, 1.82) is 0 Å². The fourth-order valence-corrected chi connectivity index (χ4v) is 2.73. The summed E-state index contributed by atoms with van der Waals surface area (Å²) in [5.74, 6) is 0. The summed E-state index contributed by atoms with van der Waals surface area (Å²) in [6.07, 6.45) is 4.22. The Morgan fingerprint density at radius 1 is 1.29 bits per heavy atom. The zero-order chi connectivity index (χ0) is 9.97. The Morgan fingerprint density at radius 3 is 2.93 bits per heavy atom. The molecule has 2 unspecified atom stereocenters. The SMILES string of the molecule is CC(CN)N1CCN2CCCCC2C1. The van der Waals surface area contributed by atoms with Crippen LogP contribution in [0.25, 0.3) is 0 Å². The minimum atomic E-state index is 0.569. The molecule has 2 heterocycles. The summed E-state index contributed by atoms with van der Waals surface area (Å²) in [6, 6.07) is 1.39. The number of hydrogen-bond donors (Lipinski definition) is 1. The molecule has 2 rings (SSSR count). The van der Waals surface area contributed by atoms with E-state index < -0.39 is 0 Å². The van der Waals surface area contributed by atoms with E-state index in [1.165, 1.54) is 45.4 Å². The first-order valence-corrected chi connectivity index (χ1v) is 5.99. The highest BCUT2D eigenvalue weighted by Crippen LogP contribution is 2.21. The first kappa shape index (κ1) is 10.4. The van der Waals surface area contributed by atoms with Gasteiger partial charge in [0.25, 0.3) is 0 Å². The van der Waals surface area contributed by atoms with E-state index in [-0.39, 0.29) is 0 Å². The van der Waals surface area contributed by atoms with E-state index in [1.54, 1.807) is 0 Å². The molecule has 0 aromatic carbocycles. The van der Waals surface area contributed by atoms with E-state index in [4.69, 9.17) is 5.73 Å². The Bertz CT molecular complexity index is 183. The molecule has 82 valence electrons. The molecular weight excluding hydrogens is 174 g/mol. The molecule has 0 spiro atoms. The predicted octanol–water partition coefficient (Wildman–Crippen LogP) is 0.504. The minimum Gasteiger partial charge on any atom is -0.329 e. The second kappa shape index (κ2) is 4.60. The van der Waals surface area contributed by atoms with Gasteiger partial charge in [-0.05, 0) is 26.3 Å². The van der Waals surface area contributed by atoms with Crippen molar-refractivity contribution in [2.75, 3.05) is 32.7 Å². The summed E-state index contributed by atoms with van der Waals surface area (Å²) < 4.78 is 0. The van der Waals surface area contributed by atoms with Crippen LogP contribution >= 0.6 is 0 Å². The fourth-order valence-electron chi connectivity index (χ4n) is 2.73. The molecule has 0 radical (unpaired) electrons. The lowest BCUT2D eigenvalue weighted by Crippen LogP contribution is -2.57.